The molecule has 0 N–H and O–H groups in total. The zero-order chi connectivity index (χ0) is 14.8. The van der Waals surface area contributed by atoms with E-state index in [1.54, 1.807) is 18.2 Å². The number of halogens is 2. The van der Waals surface area contributed by atoms with Crippen molar-refractivity contribution >= 4 is 37.4 Å². The van der Waals surface area contributed by atoms with Crippen LogP contribution in [0.4, 0.5) is 0 Å². The van der Waals surface area contributed by atoms with E-state index in [0.717, 1.165) is 16.3 Å². The summed E-state index contributed by atoms with van der Waals surface area (Å²) in [7, 11) is -3.25. The maximum Gasteiger partial charge on any atom is 0.175 e. The summed E-state index contributed by atoms with van der Waals surface area (Å²) in [5.74, 6) is 1.37. The van der Waals surface area contributed by atoms with E-state index in [4.69, 9.17) is 16.3 Å². The Kier molecular flexibility index (Phi) is 4.73. The third kappa shape index (κ3) is 3.75. The Labute approximate surface area is 131 Å². The summed E-state index contributed by atoms with van der Waals surface area (Å²) >= 11 is 9.24. The van der Waals surface area contributed by atoms with E-state index in [1.807, 2.05) is 12.1 Å². The SMILES string of the molecule is CS(=O)(=O)c1cccc(Oc2ccc(Br)cc2CCl)c1. The van der Waals surface area contributed by atoms with Crippen molar-refractivity contribution in [3.63, 3.8) is 0 Å². The largest absolute Gasteiger partial charge is 0.457 e. The van der Waals surface area contributed by atoms with E-state index in [9.17, 15) is 8.42 Å². The second kappa shape index (κ2) is 6.16. The van der Waals surface area contributed by atoms with Crippen LogP contribution >= 0.6 is 27.5 Å². The van der Waals surface area contributed by atoms with Crippen LogP contribution < -0.4 is 4.74 Å². The number of hydrogen-bond acceptors (Lipinski definition) is 3. The van der Waals surface area contributed by atoms with Crippen LogP contribution in [-0.4, -0.2) is 14.7 Å². The van der Waals surface area contributed by atoms with Crippen molar-refractivity contribution in [2.45, 2.75) is 10.8 Å². The van der Waals surface area contributed by atoms with Gasteiger partial charge in [0.2, 0.25) is 0 Å². The fourth-order valence-corrected chi connectivity index (χ4v) is 2.92. The number of benzene rings is 2. The van der Waals surface area contributed by atoms with Crippen molar-refractivity contribution in [1.82, 2.24) is 0 Å². The van der Waals surface area contributed by atoms with Crippen LogP contribution in [0.5, 0.6) is 11.5 Å². The highest BCUT2D eigenvalue weighted by Gasteiger charge is 2.10. The normalized spacial score (nSPS) is 11.3. The van der Waals surface area contributed by atoms with Crippen molar-refractivity contribution in [2.75, 3.05) is 6.26 Å². The zero-order valence-corrected chi connectivity index (χ0v) is 13.8. The maximum atomic E-state index is 11.5. The Morgan fingerprint density at radius 3 is 2.60 bits per heavy atom. The van der Waals surface area contributed by atoms with Gasteiger partial charge < -0.3 is 4.74 Å². The molecule has 0 amide bonds. The van der Waals surface area contributed by atoms with Crippen LogP contribution in [-0.2, 0) is 15.7 Å². The quantitative estimate of drug-likeness (QED) is 0.745. The van der Waals surface area contributed by atoms with Gasteiger partial charge in [0.25, 0.3) is 0 Å². The molecule has 0 unspecified atom stereocenters. The van der Waals surface area contributed by atoms with Crippen molar-refractivity contribution < 1.29 is 13.2 Å². The van der Waals surface area contributed by atoms with Crippen molar-refractivity contribution in [3.8, 4) is 11.5 Å². The number of sulfone groups is 1. The molecule has 0 saturated heterocycles. The van der Waals surface area contributed by atoms with Gasteiger partial charge in [0.15, 0.2) is 9.84 Å². The first kappa shape index (κ1) is 15.4. The van der Waals surface area contributed by atoms with Crippen LogP contribution in [0.2, 0.25) is 0 Å². The molecule has 3 nitrogen and oxygen atoms in total. The molecule has 0 heterocycles. The smallest absolute Gasteiger partial charge is 0.175 e. The van der Waals surface area contributed by atoms with Crippen LogP contribution in [0.15, 0.2) is 51.8 Å². The molecule has 20 heavy (non-hydrogen) atoms. The van der Waals surface area contributed by atoms with E-state index >= 15 is 0 Å². The Bertz CT molecular complexity index is 729. The molecule has 0 bridgehead atoms. The molecule has 0 atom stereocenters. The molecule has 2 rings (SSSR count). The average Bonchev–Trinajstić information content (AvgIpc) is 2.40. The van der Waals surface area contributed by atoms with E-state index in [1.165, 1.54) is 12.1 Å². The molecule has 0 aromatic heterocycles. The minimum absolute atomic E-state index is 0.222. The summed E-state index contributed by atoms with van der Waals surface area (Å²) in [4.78, 5) is 0.222. The first-order valence-corrected chi connectivity index (χ1v) is 8.94. The lowest BCUT2D eigenvalue weighted by molar-refractivity contribution is 0.476. The second-order valence-corrected chi connectivity index (χ2v) is 7.43. The van der Waals surface area contributed by atoms with Gasteiger partial charge >= 0.3 is 0 Å². The maximum absolute atomic E-state index is 11.5. The molecule has 0 aliphatic rings. The minimum Gasteiger partial charge on any atom is -0.457 e. The highest BCUT2D eigenvalue weighted by Crippen LogP contribution is 2.30. The Balaban J connectivity index is 2.36. The van der Waals surface area contributed by atoms with Crippen molar-refractivity contribution in [2.24, 2.45) is 0 Å². The van der Waals surface area contributed by atoms with Crippen LogP contribution in [0.3, 0.4) is 0 Å². The first-order valence-electron chi connectivity index (χ1n) is 5.72. The van der Waals surface area contributed by atoms with Gasteiger partial charge in [-0.1, -0.05) is 22.0 Å². The summed E-state index contributed by atoms with van der Waals surface area (Å²) in [6, 6.07) is 11.9. The summed E-state index contributed by atoms with van der Waals surface area (Å²) in [6.45, 7) is 0. The van der Waals surface area contributed by atoms with E-state index in [-0.39, 0.29) is 4.90 Å². The van der Waals surface area contributed by atoms with Gasteiger partial charge in [-0.05, 0) is 36.4 Å². The lowest BCUT2D eigenvalue weighted by Crippen LogP contribution is -1.97. The Morgan fingerprint density at radius 2 is 1.95 bits per heavy atom. The number of ether oxygens (including phenoxy) is 1. The molecule has 0 spiro atoms. The lowest BCUT2D eigenvalue weighted by atomic mass is 10.2. The minimum atomic E-state index is -3.25. The number of alkyl halides is 1. The second-order valence-electron chi connectivity index (χ2n) is 4.23. The summed E-state index contributed by atoms with van der Waals surface area (Å²) in [5.41, 5.74) is 0.825. The number of rotatable bonds is 4. The zero-order valence-electron chi connectivity index (χ0n) is 10.6. The molecule has 2 aromatic carbocycles. The standard InChI is InChI=1S/C14H12BrClO3S/c1-20(17,18)13-4-2-3-12(8-13)19-14-6-5-11(15)7-10(14)9-16/h2-8H,9H2,1H3. The molecule has 0 radical (unpaired) electrons. The van der Waals surface area contributed by atoms with Gasteiger partial charge in [0, 0.05) is 16.3 Å². The number of hydrogen-bond donors (Lipinski definition) is 0. The fourth-order valence-electron chi connectivity index (χ4n) is 1.65. The molecule has 0 saturated carbocycles. The van der Waals surface area contributed by atoms with Crippen LogP contribution in [0.1, 0.15) is 5.56 Å². The van der Waals surface area contributed by atoms with E-state index in [2.05, 4.69) is 15.9 Å². The highest BCUT2D eigenvalue weighted by molar-refractivity contribution is 9.10. The molecule has 0 aliphatic heterocycles. The van der Waals surface area contributed by atoms with E-state index < -0.39 is 9.84 Å². The average molecular weight is 376 g/mol. The van der Waals surface area contributed by atoms with Crippen molar-refractivity contribution in [1.29, 1.82) is 0 Å². The molecule has 0 aliphatic carbocycles. The van der Waals surface area contributed by atoms with Gasteiger partial charge in [0.1, 0.15) is 11.5 Å². The van der Waals surface area contributed by atoms with Gasteiger partial charge in [-0.25, -0.2) is 8.42 Å². The molecule has 0 fully saturated rings. The fraction of sp³-hybridized carbons (Fsp3) is 0.143. The third-order valence-corrected chi connectivity index (χ3v) is 4.52. The molecule has 6 heteroatoms. The molecular formula is C14H12BrClO3S. The third-order valence-electron chi connectivity index (χ3n) is 2.63. The molecular weight excluding hydrogens is 364 g/mol. The first-order chi connectivity index (χ1) is 9.40. The lowest BCUT2D eigenvalue weighted by Gasteiger charge is -2.10. The van der Waals surface area contributed by atoms with Gasteiger partial charge in [-0.3, -0.25) is 0 Å². The Morgan fingerprint density at radius 1 is 1.20 bits per heavy atom. The van der Waals surface area contributed by atoms with Crippen LogP contribution in [0, 0.1) is 0 Å². The predicted octanol–water partition coefficient (Wildman–Crippen LogP) is 4.38. The monoisotopic (exact) mass is 374 g/mol. The molecule has 2 aromatic rings. The van der Waals surface area contributed by atoms with Gasteiger partial charge in [0.05, 0.1) is 10.8 Å². The predicted molar refractivity (Wildman–Crippen MR) is 83.3 cm³/mol. The summed E-state index contributed by atoms with van der Waals surface area (Å²) < 4.78 is 29.7. The summed E-state index contributed by atoms with van der Waals surface area (Å²) in [5, 5.41) is 0. The Hall–Kier alpha value is -1.04. The van der Waals surface area contributed by atoms with E-state index in [0.29, 0.717) is 17.4 Å². The topological polar surface area (TPSA) is 43.4 Å². The highest BCUT2D eigenvalue weighted by atomic mass is 79.9. The summed E-state index contributed by atoms with van der Waals surface area (Å²) in [6.07, 6.45) is 1.16. The van der Waals surface area contributed by atoms with Gasteiger partial charge in [-0.2, -0.15) is 0 Å². The van der Waals surface area contributed by atoms with Crippen LogP contribution in [0.25, 0.3) is 0 Å². The molecule has 106 valence electrons. The van der Waals surface area contributed by atoms with Crippen molar-refractivity contribution in [3.05, 3.63) is 52.5 Å². The van der Waals surface area contributed by atoms with Gasteiger partial charge in [-0.15, -0.1) is 11.6 Å².